The largest absolute Gasteiger partial charge is 0.370 e. The lowest BCUT2D eigenvalue weighted by molar-refractivity contribution is 0.636. The van der Waals surface area contributed by atoms with E-state index in [9.17, 15) is 0 Å². The molecule has 6 heteroatoms. The molecule has 20 heavy (non-hydrogen) atoms. The Hall–Kier alpha value is -2.11. The first-order valence-electron chi connectivity index (χ1n) is 7.00. The molecule has 0 spiro atoms. The second-order valence-corrected chi connectivity index (χ2v) is 4.82. The van der Waals surface area contributed by atoms with Gasteiger partial charge in [0.15, 0.2) is 0 Å². The molecule has 2 N–H and O–H groups in total. The first kappa shape index (κ1) is 14.3. The molecule has 0 aliphatic rings. The molecule has 2 heterocycles. The summed E-state index contributed by atoms with van der Waals surface area (Å²) in [6.45, 7) is 8.59. The monoisotopic (exact) mass is 274 g/mol. The van der Waals surface area contributed by atoms with Crippen molar-refractivity contribution in [2.75, 3.05) is 23.7 Å². The van der Waals surface area contributed by atoms with E-state index in [0.29, 0.717) is 0 Å². The van der Waals surface area contributed by atoms with Crippen LogP contribution in [0.25, 0.3) is 0 Å². The lowest BCUT2D eigenvalue weighted by Gasteiger charge is -2.09. The van der Waals surface area contributed by atoms with Gasteiger partial charge in [0.05, 0.1) is 12.7 Å². The molecule has 6 nitrogen and oxygen atoms in total. The van der Waals surface area contributed by atoms with Crippen LogP contribution in [0.2, 0.25) is 0 Å². The fraction of sp³-hybridized carbons (Fsp3) is 0.500. The summed E-state index contributed by atoms with van der Waals surface area (Å²) in [6, 6.07) is 1.94. The van der Waals surface area contributed by atoms with E-state index in [1.165, 1.54) is 5.56 Å². The third-order valence-corrected chi connectivity index (χ3v) is 2.80. The van der Waals surface area contributed by atoms with Gasteiger partial charge in [0.25, 0.3) is 0 Å². The van der Waals surface area contributed by atoms with Gasteiger partial charge in [-0.2, -0.15) is 5.10 Å². The predicted octanol–water partition coefficient (Wildman–Crippen LogP) is 2.22. The zero-order chi connectivity index (χ0) is 14.4. The molecule has 0 atom stereocenters. The van der Waals surface area contributed by atoms with Crippen LogP contribution < -0.4 is 10.6 Å². The van der Waals surface area contributed by atoms with Crippen LogP contribution in [-0.2, 0) is 6.54 Å². The summed E-state index contributed by atoms with van der Waals surface area (Å²) in [7, 11) is 0. The van der Waals surface area contributed by atoms with Crippen LogP contribution >= 0.6 is 0 Å². The SMILES string of the molecule is CCCNc1cc(NCCn2cc(C)cn2)nc(C)n1. The third-order valence-electron chi connectivity index (χ3n) is 2.80. The van der Waals surface area contributed by atoms with Crippen molar-refractivity contribution in [3.63, 3.8) is 0 Å². The molecule has 0 fully saturated rings. The quantitative estimate of drug-likeness (QED) is 0.810. The van der Waals surface area contributed by atoms with E-state index >= 15 is 0 Å². The Morgan fingerprint density at radius 2 is 1.80 bits per heavy atom. The first-order valence-corrected chi connectivity index (χ1v) is 7.00. The van der Waals surface area contributed by atoms with Gasteiger partial charge in [-0.05, 0) is 25.8 Å². The van der Waals surface area contributed by atoms with Crippen LogP contribution in [0.5, 0.6) is 0 Å². The average Bonchev–Trinajstić information content (AvgIpc) is 2.81. The van der Waals surface area contributed by atoms with Crippen molar-refractivity contribution in [2.45, 2.75) is 33.7 Å². The summed E-state index contributed by atoms with van der Waals surface area (Å²) >= 11 is 0. The Labute approximate surface area is 119 Å². The van der Waals surface area contributed by atoms with Gasteiger partial charge in [-0.1, -0.05) is 6.92 Å². The Kier molecular flexibility index (Phi) is 4.92. The molecule has 0 amide bonds. The molecular formula is C14H22N6. The first-order chi connectivity index (χ1) is 9.67. The maximum absolute atomic E-state index is 4.39. The molecule has 0 saturated carbocycles. The summed E-state index contributed by atoms with van der Waals surface area (Å²) in [5.74, 6) is 2.49. The zero-order valence-electron chi connectivity index (χ0n) is 12.3. The van der Waals surface area contributed by atoms with Crippen LogP contribution in [-0.4, -0.2) is 32.8 Å². The van der Waals surface area contributed by atoms with Gasteiger partial charge in [-0.3, -0.25) is 4.68 Å². The van der Waals surface area contributed by atoms with Gasteiger partial charge in [0.2, 0.25) is 0 Å². The molecule has 0 radical (unpaired) electrons. The highest BCUT2D eigenvalue weighted by Gasteiger charge is 2.01. The minimum Gasteiger partial charge on any atom is -0.370 e. The van der Waals surface area contributed by atoms with Crippen LogP contribution in [0.4, 0.5) is 11.6 Å². The Morgan fingerprint density at radius 1 is 1.10 bits per heavy atom. The lowest BCUT2D eigenvalue weighted by Crippen LogP contribution is -2.13. The Morgan fingerprint density at radius 3 is 2.40 bits per heavy atom. The van der Waals surface area contributed by atoms with Crippen LogP contribution in [0, 0.1) is 13.8 Å². The fourth-order valence-electron chi connectivity index (χ4n) is 1.89. The van der Waals surface area contributed by atoms with E-state index in [1.54, 1.807) is 0 Å². The third kappa shape index (κ3) is 4.22. The standard InChI is InChI=1S/C14H22N6/c1-4-5-15-13-8-14(19-12(3)18-13)16-6-7-20-10-11(2)9-17-20/h8-10H,4-7H2,1-3H3,(H2,15,16,18,19). The normalized spacial score (nSPS) is 10.6. The number of rotatable bonds is 7. The molecule has 2 rings (SSSR count). The topological polar surface area (TPSA) is 67.7 Å². The molecule has 0 bridgehead atoms. The molecule has 2 aromatic rings. The van der Waals surface area contributed by atoms with Crippen molar-refractivity contribution in [3.05, 3.63) is 29.8 Å². The second-order valence-electron chi connectivity index (χ2n) is 4.82. The minimum absolute atomic E-state index is 0.767. The van der Waals surface area contributed by atoms with Crippen molar-refractivity contribution < 1.29 is 0 Å². The fourth-order valence-corrected chi connectivity index (χ4v) is 1.89. The molecule has 0 aromatic carbocycles. The predicted molar refractivity (Wildman–Crippen MR) is 81.0 cm³/mol. The Bertz CT molecular complexity index is 548. The summed E-state index contributed by atoms with van der Waals surface area (Å²) in [5.41, 5.74) is 1.17. The van der Waals surface area contributed by atoms with E-state index in [0.717, 1.165) is 43.5 Å². The second kappa shape index (κ2) is 6.88. The highest BCUT2D eigenvalue weighted by atomic mass is 15.3. The van der Waals surface area contributed by atoms with E-state index < -0.39 is 0 Å². The number of hydrogen-bond donors (Lipinski definition) is 2. The molecular weight excluding hydrogens is 252 g/mol. The average molecular weight is 274 g/mol. The van der Waals surface area contributed by atoms with Gasteiger partial charge < -0.3 is 10.6 Å². The number of aromatic nitrogens is 4. The van der Waals surface area contributed by atoms with E-state index in [4.69, 9.17) is 0 Å². The molecule has 108 valence electrons. The van der Waals surface area contributed by atoms with Crippen LogP contribution in [0.15, 0.2) is 18.5 Å². The summed E-state index contributed by atoms with van der Waals surface area (Å²) in [5, 5.41) is 10.8. The number of aryl methyl sites for hydroxylation is 2. The highest BCUT2D eigenvalue weighted by Crippen LogP contribution is 2.10. The molecule has 2 aromatic heterocycles. The van der Waals surface area contributed by atoms with Crippen LogP contribution in [0.3, 0.4) is 0 Å². The Balaban J connectivity index is 1.89. The maximum Gasteiger partial charge on any atom is 0.131 e. The van der Waals surface area contributed by atoms with Crippen molar-refractivity contribution in [3.8, 4) is 0 Å². The van der Waals surface area contributed by atoms with Gasteiger partial charge in [0, 0.05) is 25.4 Å². The van der Waals surface area contributed by atoms with Gasteiger partial charge in [-0.25, -0.2) is 9.97 Å². The van der Waals surface area contributed by atoms with E-state index in [2.05, 4.69) is 32.6 Å². The maximum atomic E-state index is 4.39. The molecule has 0 aliphatic carbocycles. The number of anilines is 2. The van der Waals surface area contributed by atoms with E-state index in [1.807, 2.05) is 37.0 Å². The lowest BCUT2D eigenvalue weighted by atomic mass is 10.4. The van der Waals surface area contributed by atoms with Crippen molar-refractivity contribution in [2.24, 2.45) is 0 Å². The number of nitrogens with one attached hydrogen (secondary N) is 2. The number of nitrogens with zero attached hydrogens (tertiary/aromatic N) is 4. The smallest absolute Gasteiger partial charge is 0.131 e. The summed E-state index contributed by atoms with van der Waals surface area (Å²) in [6.07, 6.45) is 4.97. The van der Waals surface area contributed by atoms with Crippen molar-refractivity contribution >= 4 is 11.6 Å². The van der Waals surface area contributed by atoms with Gasteiger partial charge in [0.1, 0.15) is 17.5 Å². The molecule has 0 unspecified atom stereocenters. The summed E-state index contributed by atoms with van der Waals surface area (Å²) < 4.78 is 1.92. The van der Waals surface area contributed by atoms with Gasteiger partial charge >= 0.3 is 0 Å². The molecule has 0 aliphatic heterocycles. The van der Waals surface area contributed by atoms with Crippen molar-refractivity contribution in [1.82, 2.24) is 19.7 Å². The minimum atomic E-state index is 0.767. The molecule has 0 saturated heterocycles. The zero-order valence-corrected chi connectivity index (χ0v) is 12.3. The highest BCUT2D eigenvalue weighted by molar-refractivity contribution is 5.47. The van der Waals surface area contributed by atoms with Crippen molar-refractivity contribution in [1.29, 1.82) is 0 Å². The number of hydrogen-bond acceptors (Lipinski definition) is 5. The summed E-state index contributed by atoms with van der Waals surface area (Å²) in [4.78, 5) is 8.75. The van der Waals surface area contributed by atoms with Crippen LogP contribution in [0.1, 0.15) is 24.7 Å². The van der Waals surface area contributed by atoms with E-state index in [-0.39, 0.29) is 0 Å². The van der Waals surface area contributed by atoms with Gasteiger partial charge in [-0.15, -0.1) is 0 Å².